The van der Waals surface area contributed by atoms with Gasteiger partial charge in [-0.25, -0.2) is 19.3 Å². The third-order valence-corrected chi connectivity index (χ3v) is 4.66. The number of alkyl halides is 3. The van der Waals surface area contributed by atoms with E-state index in [4.69, 9.17) is 0 Å². The zero-order valence-electron chi connectivity index (χ0n) is 19.4. The first kappa shape index (κ1) is 26.1. The van der Waals surface area contributed by atoms with Crippen LogP contribution in [-0.4, -0.2) is 39.9 Å². The molecule has 2 aromatic heterocycles. The maximum atomic E-state index is 14.7. The number of carbonyl (C=O) groups excluding carboxylic acids is 1. The molecule has 1 aromatic carbocycles. The number of amides is 1. The van der Waals surface area contributed by atoms with Gasteiger partial charge in [-0.05, 0) is 29.3 Å². The lowest BCUT2D eigenvalue weighted by Crippen LogP contribution is -2.16. The van der Waals surface area contributed by atoms with Crippen molar-refractivity contribution in [3.63, 3.8) is 0 Å². The van der Waals surface area contributed by atoms with E-state index in [2.05, 4.69) is 37.9 Å². The van der Waals surface area contributed by atoms with E-state index in [0.717, 1.165) is 12.1 Å². The van der Waals surface area contributed by atoms with Crippen molar-refractivity contribution in [2.45, 2.75) is 12.6 Å². The molecule has 0 saturated heterocycles. The summed E-state index contributed by atoms with van der Waals surface area (Å²) in [4.78, 5) is 26.1. The fourth-order valence-corrected chi connectivity index (χ4v) is 3.03. The van der Waals surface area contributed by atoms with Crippen LogP contribution in [0.25, 0.3) is 11.1 Å². The third-order valence-electron chi connectivity index (χ3n) is 4.66. The Labute approximate surface area is 204 Å². The van der Waals surface area contributed by atoms with Crippen LogP contribution in [0, 0.1) is 5.82 Å². The number of hydrogen-bond acceptors (Lipinski definition) is 6. The van der Waals surface area contributed by atoms with E-state index in [1.807, 2.05) is 19.0 Å². The molecule has 2 N–H and O–H groups in total. The van der Waals surface area contributed by atoms with Crippen molar-refractivity contribution in [3.05, 3.63) is 96.1 Å². The van der Waals surface area contributed by atoms with E-state index in [9.17, 15) is 22.4 Å². The molecule has 11 heteroatoms. The van der Waals surface area contributed by atoms with Crippen molar-refractivity contribution < 1.29 is 22.4 Å². The highest BCUT2D eigenvalue weighted by atomic mass is 19.4. The summed E-state index contributed by atoms with van der Waals surface area (Å²) in [5, 5.41) is 5.38. The lowest BCUT2D eigenvalue weighted by Gasteiger charge is -2.11. The summed E-state index contributed by atoms with van der Waals surface area (Å²) in [6, 6.07) is 6.15. The van der Waals surface area contributed by atoms with Gasteiger partial charge in [0.25, 0.3) is 0 Å². The van der Waals surface area contributed by atoms with Gasteiger partial charge >= 0.3 is 6.18 Å². The van der Waals surface area contributed by atoms with Gasteiger partial charge in [0.15, 0.2) is 0 Å². The Bertz CT molecular complexity index is 1300. The summed E-state index contributed by atoms with van der Waals surface area (Å²) in [7, 11) is 3.71. The first-order valence-electron chi connectivity index (χ1n) is 10.5. The number of nitrogens with zero attached hydrogens (tertiary/aromatic N) is 4. The standard InChI is InChI=1S/C25H22F4N6O/c1-4-5-20(15-35(2)3)33-24-31-12-18(13-32-24)16-6-7-17(21(26)10-16)11-23(36)34-22-9-8-19(14-30-22)25(27,28)29/h5-10,12-15H,1,11H2,2-3H3,(H,30,34,36)(H,31,32,33)/b20-15+. The van der Waals surface area contributed by atoms with Crippen LogP contribution in [0.15, 0.2) is 79.2 Å². The van der Waals surface area contributed by atoms with Gasteiger partial charge in [-0.1, -0.05) is 18.7 Å². The average Bonchev–Trinajstić information content (AvgIpc) is 2.80. The molecule has 0 saturated carbocycles. The van der Waals surface area contributed by atoms with Crippen LogP contribution < -0.4 is 10.6 Å². The highest BCUT2D eigenvalue weighted by molar-refractivity contribution is 5.91. The molecule has 3 aromatic rings. The van der Waals surface area contributed by atoms with E-state index in [-0.39, 0.29) is 17.8 Å². The summed E-state index contributed by atoms with van der Waals surface area (Å²) < 4.78 is 52.5. The number of nitrogens with one attached hydrogen (secondary N) is 2. The maximum Gasteiger partial charge on any atom is 0.417 e. The van der Waals surface area contributed by atoms with Crippen LogP contribution in [0.2, 0.25) is 0 Å². The first-order valence-corrected chi connectivity index (χ1v) is 10.5. The molecular formula is C25H22F4N6O. The topological polar surface area (TPSA) is 83.0 Å². The second-order valence-corrected chi connectivity index (χ2v) is 7.78. The number of hydrogen-bond donors (Lipinski definition) is 2. The molecule has 1 amide bonds. The molecule has 3 rings (SSSR count). The van der Waals surface area contributed by atoms with Crippen LogP contribution in [0.1, 0.15) is 11.1 Å². The number of anilines is 2. The number of carbonyl (C=O) groups is 1. The van der Waals surface area contributed by atoms with E-state index in [1.165, 1.54) is 24.5 Å². The number of allylic oxidation sites excluding steroid dienone is 1. The number of rotatable bonds is 8. The Kier molecular flexibility index (Phi) is 8.18. The second kappa shape index (κ2) is 11.3. The minimum Gasteiger partial charge on any atom is -0.382 e. The first-order chi connectivity index (χ1) is 17.0. The van der Waals surface area contributed by atoms with Crippen molar-refractivity contribution in [2.24, 2.45) is 0 Å². The van der Waals surface area contributed by atoms with E-state index in [0.29, 0.717) is 29.0 Å². The minimum absolute atomic E-state index is 0.0666. The van der Waals surface area contributed by atoms with E-state index < -0.39 is 23.5 Å². The predicted octanol–water partition coefficient (Wildman–Crippen LogP) is 5.03. The predicted molar refractivity (Wildman–Crippen MR) is 128 cm³/mol. The van der Waals surface area contributed by atoms with Gasteiger partial charge in [-0.3, -0.25) is 4.79 Å². The van der Waals surface area contributed by atoms with Gasteiger partial charge in [-0.15, -0.1) is 5.73 Å². The molecule has 0 atom stereocenters. The molecule has 0 unspecified atom stereocenters. The summed E-state index contributed by atoms with van der Waals surface area (Å²) in [5.74, 6) is -0.993. The number of benzene rings is 1. The minimum atomic E-state index is -4.53. The summed E-state index contributed by atoms with van der Waals surface area (Å²) in [6.07, 6.45) is 2.24. The van der Waals surface area contributed by atoms with Crippen LogP contribution in [0.4, 0.5) is 29.3 Å². The lowest BCUT2D eigenvalue weighted by atomic mass is 10.0. The zero-order valence-corrected chi connectivity index (χ0v) is 19.4. The molecule has 36 heavy (non-hydrogen) atoms. The molecular weight excluding hydrogens is 476 g/mol. The zero-order chi connectivity index (χ0) is 26.3. The smallest absolute Gasteiger partial charge is 0.382 e. The van der Waals surface area contributed by atoms with Gasteiger partial charge < -0.3 is 15.5 Å². The highest BCUT2D eigenvalue weighted by Crippen LogP contribution is 2.29. The monoisotopic (exact) mass is 498 g/mol. The Morgan fingerprint density at radius 2 is 1.78 bits per heavy atom. The largest absolute Gasteiger partial charge is 0.417 e. The van der Waals surface area contributed by atoms with Crippen molar-refractivity contribution in [1.82, 2.24) is 19.9 Å². The van der Waals surface area contributed by atoms with E-state index in [1.54, 1.807) is 18.3 Å². The number of pyridine rings is 1. The van der Waals surface area contributed by atoms with Crippen molar-refractivity contribution in [1.29, 1.82) is 0 Å². The molecule has 0 aliphatic carbocycles. The second-order valence-electron chi connectivity index (χ2n) is 7.78. The molecule has 0 bridgehead atoms. The molecule has 0 aliphatic rings. The fraction of sp³-hybridized carbons (Fsp3) is 0.160. The lowest BCUT2D eigenvalue weighted by molar-refractivity contribution is -0.137. The van der Waals surface area contributed by atoms with Crippen molar-refractivity contribution in [2.75, 3.05) is 24.7 Å². The fourth-order valence-electron chi connectivity index (χ4n) is 3.03. The molecule has 2 heterocycles. The molecule has 0 aliphatic heterocycles. The third kappa shape index (κ3) is 7.25. The number of aromatic nitrogens is 3. The molecule has 186 valence electrons. The van der Waals surface area contributed by atoms with Gasteiger partial charge in [0.2, 0.25) is 11.9 Å². The van der Waals surface area contributed by atoms with Gasteiger partial charge in [-0.2, -0.15) is 13.2 Å². The van der Waals surface area contributed by atoms with Gasteiger partial charge in [0.05, 0.1) is 17.7 Å². The van der Waals surface area contributed by atoms with Crippen molar-refractivity contribution >= 4 is 17.7 Å². The molecule has 0 spiro atoms. The van der Waals surface area contributed by atoms with Gasteiger partial charge in [0, 0.05) is 50.5 Å². The summed E-state index contributed by atoms with van der Waals surface area (Å²) in [6.45, 7) is 3.55. The Balaban J connectivity index is 1.66. The average molecular weight is 498 g/mol. The summed E-state index contributed by atoms with van der Waals surface area (Å²) >= 11 is 0. The molecule has 7 nitrogen and oxygen atoms in total. The summed E-state index contributed by atoms with van der Waals surface area (Å²) in [5.41, 5.74) is 3.58. The van der Waals surface area contributed by atoms with Crippen LogP contribution >= 0.6 is 0 Å². The van der Waals surface area contributed by atoms with E-state index >= 15 is 0 Å². The van der Waals surface area contributed by atoms with Gasteiger partial charge in [0.1, 0.15) is 11.6 Å². The Hall–Kier alpha value is -4.50. The SMILES string of the molecule is C=C=C/C(=C\N(C)C)Nc1ncc(-c2ccc(CC(=O)Nc3ccc(C(F)(F)F)cn3)c(F)c2)cn1. The van der Waals surface area contributed by atoms with Crippen LogP contribution in [-0.2, 0) is 17.4 Å². The number of halogens is 4. The quantitative estimate of drug-likeness (QED) is 0.258. The van der Waals surface area contributed by atoms with Crippen LogP contribution in [0.3, 0.4) is 0 Å². The molecule has 0 fully saturated rings. The molecule has 0 radical (unpaired) electrons. The normalized spacial score (nSPS) is 11.4. The maximum absolute atomic E-state index is 14.7. The Morgan fingerprint density at radius 3 is 2.33 bits per heavy atom. The Morgan fingerprint density at radius 1 is 1.06 bits per heavy atom. The highest BCUT2D eigenvalue weighted by Gasteiger charge is 2.30. The van der Waals surface area contributed by atoms with Crippen molar-refractivity contribution in [3.8, 4) is 11.1 Å². The van der Waals surface area contributed by atoms with Crippen LogP contribution in [0.5, 0.6) is 0 Å².